The van der Waals surface area contributed by atoms with Gasteiger partial charge in [0, 0.05) is 25.8 Å². The molecule has 20 heavy (non-hydrogen) atoms. The van der Waals surface area contributed by atoms with Crippen molar-refractivity contribution in [2.45, 2.75) is 13.0 Å². The largest absolute Gasteiger partial charge is 0.490 e. The van der Waals surface area contributed by atoms with Gasteiger partial charge >= 0.3 is 0 Å². The number of ether oxygens (including phenoxy) is 1. The van der Waals surface area contributed by atoms with Crippen molar-refractivity contribution in [1.29, 1.82) is 0 Å². The zero-order valence-corrected chi connectivity index (χ0v) is 12.2. The fraction of sp³-hybridized carbons (Fsp3) is 0.294. The van der Waals surface area contributed by atoms with Gasteiger partial charge in [0.15, 0.2) is 0 Å². The van der Waals surface area contributed by atoms with E-state index in [1.54, 1.807) is 0 Å². The second-order valence-corrected chi connectivity index (χ2v) is 5.13. The molecule has 1 unspecified atom stereocenters. The van der Waals surface area contributed by atoms with Crippen LogP contribution in [0.25, 0.3) is 0 Å². The third-order valence-corrected chi connectivity index (χ3v) is 3.20. The summed E-state index contributed by atoms with van der Waals surface area (Å²) in [6.07, 6.45) is -0.612. The SMILES string of the molecule is Cc1ccc(C(O)COc2cccc(N(C)C)c2)cc1. The Balaban J connectivity index is 1.97. The van der Waals surface area contributed by atoms with Gasteiger partial charge in [0.2, 0.25) is 0 Å². The number of hydrogen-bond acceptors (Lipinski definition) is 3. The smallest absolute Gasteiger partial charge is 0.121 e. The van der Waals surface area contributed by atoms with Crippen LogP contribution in [0.3, 0.4) is 0 Å². The van der Waals surface area contributed by atoms with E-state index in [4.69, 9.17) is 4.74 Å². The molecule has 1 atom stereocenters. The monoisotopic (exact) mass is 271 g/mol. The highest BCUT2D eigenvalue weighted by Gasteiger charge is 2.08. The fourth-order valence-corrected chi connectivity index (χ4v) is 1.91. The molecule has 0 heterocycles. The van der Waals surface area contributed by atoms with Crippen LogP contribution in [0.4, 0.5) is 5.69 Å². The van der Waals surface area contributed by atoms with Crippen molar-refractivity contribution in [2.75, 3.05) is 25.6 Å². The van der Waals surface area contributed by atoms with Gasteiger partial charge in [-0.1, -0.05) is 35.9 Å². The number of nitrogens with zero attached hydrogens (tertiary/aromatic N) is 1. The number of aryl methyl sites for hydroxylation is 1. The molecule has 0 saturated heterocycles. The molecule has 0 saturated carbocycles. The van der Waals surface area contributed by atoms with E-state index in [0.717, 1.165) is 17.0 Å². The summed E-state index contributed by atoms with van der Waals surface area (Å²) in [5.41, 5.74) is 3.13. The van der Waals surface area contributed by atoms with Crippen LogP contribution in [0, 0.1) is 6.92 Å². The van der Waals surface area contributed by atoms with Crippen molar-refractivity contribution in [2.24, 2.45) is 0 Å². The third kappa shape index (κ3) is 3.75. The van der Waals surface area contributed by atoms with Gasteiger partial charge in [-0.25, -0.2) is 0 Å². The van der Waals surface area contributed by atoms with Crippen LogP contribution in [0.5, 0.6) is 5.75 Å². The first-order valence-corrected chi connectivity index (χ1v) is 6.71. The molecule has 1 N–H and O–H groups in total. The quantitative estimate of drug-likeness (QED) is 0.906. The first-order valence-electron chi connectivity index (χ1n) is 6.71. The van der Waals surface area contributed by atoms with E-state index in [0.29, 0.717) is 0 Å². The Bertz CT molecular complexity index is 549. The lowest BCUT2D eigenvalue weighted by molar-refractivity contribution is 0.108. The Labute approximate surface area is 120 Å². The summed E-state index contributed by atoms with van der Waals surface area (Å²) >= 11 is 0. The summed E-state index contributed by atoms with van der Waals surface area (Å²) in [6.45, 7) is 2.28. The highest BCUT2D eigenvalue weighted by molar-refractivity contribution is 5.49. The molecule has 2 aromatic rings. The maximum absolute atomic E-state index is 10.1. The van der Waals surface area contributed by atoms with Crippen LogP contribution in [0.1, 0.15) is 17.2 Å². The van der Waals surface area contributed by atoms with E-state index < -0.39 is 6.10 Å². The van der Waals surface area contributed by atoms with Gasteiger partial charge in [0.25, 0.3) is 0 Å². The van der Waals surface area contributed by atoms with Crippen LogP contribution in [-0.2, 0) is 0 Å². The molecular weight excluding hydrogens is 250 g/mol. The van der Waals surface area contributed by atoms with Crippen LogP contribution in [-0.4, -0.2) is 25.8 Å². The van der Waals surface area contributed by atoms with Gasteiger partial charge in [-0.3, -0.25) is 0 Å². The van der Waals surface area contributed by atoms with E-state index in [-0.39, 0.29) is 6.61 Å². The Morgan fingerprint density at radius 3 is 2.45 bits per heavy atom. The molecule has 0 spiro atoms. The molecule has 3 nitrogen and oxygen atoms in total. The summed E-state index contributed by atoms with van der Waals surface area (Å²) in [5, 5.41) is 10.1. The van der Waals surface area contributed by atoms with E-state index in [9.17, 15) is 5.11 Å². The van der Waals surface area contributed by atoms with E-state index in [2.05, 4.69) is 0 Å². The van der Waals surface area contributed by atoms with Crippen molar-refractivity contribution < 1.29 is 9.84 Å². The molecule has 0 aromatic heterocycles. The molecule has 0 aliphatic rings. The molecule has 0 radical (unpaired) electrons. The predicted octanol–water partition coefficient (Wildman–Crippen LogP) is 3.17. The van der Waals surface area contributed by atoms with Gasteiger partial charge < -0.3 is 14.7 Å². The summed E-state index contributed by atoms with van der Waals surface area (Å²) in [4.78, 5) is 2.02. The highest BCUT2D eigenvalue weighted by Crippen LogP contribution is 2.21. The molecule has 0 aliphatic carbocycles. The molecular formula is C17H21NO2. The fourth-order valence-electron chi connectivity index (χ4n) is 1.91. The minimum atomic E-state index is -0.612. The van der Waals surface area contributed by atoms with Crippen molar-refractivity contribution in [1.82, 2.24) is 0 Å². The zero-order chi connectivity index (χ0) is 14.5. The van der Waals surface area contributed by atoms with Crippen LogP contribution in [0.2, 0.25) is 0 Å². The van der Waals surface area contributed by atoms with Crippen LogP contribution < -0.4 is 9.64 Å². The lowest BCUT2D eigenvalue weighted by atomic mass is 10.1. The van der Waals surface area contributed by atoms with Crippen molar-refractivity contribution in [3.63, 3.8) is 0 Å². The second kappa shape index (κ2) is 6.44. The summed E-state index contributed by atoms with van der Waals surface area (Å²) in [5.74, 6) is 0.766. The molecule has 2 rings (SSSR count). The van der Waals surface area contributed by atoms with Crippen molar-refractivity contribution >= 4 is 5.69 Å². The average molecular weight is 271 g/mol. The molecule has 0 bridgehead atoms. The molecule has 106 valence electrons. The number of aliphatic hydroxyl groups excluding tert-OH is 1. The summed E-state index contributed by atoms with van der Waals surface area (Å²) in [7, 11) is 3.97. The van der Waals surface area contributed by atoms with Crippen molar-refractivity contribution in [3.05, 3.63) is 59.7 Å². The zero-order valence-electron chi connectivity index (χ0n) is 12.2. The summed E-state index contributed by atoms with van der Waals surface area (Å²) in [6, 6.07) is 15.7. The van der Waals surface area contributed by atoms with Gasteiger partial charge in [0.1, 0.15) is 18.5 Å². The molecule has 0 fully saturated rings. The molecule has 0 amide bonds. The average Bonchev–Trinajstić information content (AvgIpc) is 2.46. The predicted molar refractivity (Wildman–Crippen MR) is 82.4 cm³/mol. The van der Waals surface area contributed by atoms with Crippen LogP contribution >= 0.6 is 0 Å². The van der Waals surface area contributed by atoms with Gasteiger partial charge in [-0.15, -0.1) is 0 Å². The summed E-state index contributed by atoms with van der Waals surface area (Å²) < 4.78 is 5.67. The topological polar surface area (TPSA) is 32.7 Å². The van der Waals surface area contributed by atoms with E-state index in [1.165, 1.54) is 5.56 Å². The number of anilines is 1. The molecule has 2 aromatic carbocycles. The van der Waals surface area contributed by atoms with Crippen molar-refractivity contribution in [3.8, 4) is 5.75 Å². The highest BCUT2D eigenvalue weighted by atomic mass is 16.5. The number of rotatable bonds is 5. The number of hydrogen-bond donors (Lipinski definition) is 1. The lowest BCUT2D eigenvalue weighted by Crippen LogP contribution is -2.11. The number of benzene rings is 2. The first kappa shape index (κ1) is 14.4. The standard InChI is InChI=1S/C17H21NO2/c1-13-7-9-14(10-8-13)17(19)12-20-16-6-4-5-15(11-16)18(2)3/h4-11,17,19H,12H2,1-3H3. The van der Waals surface area contributed by atoms with E-state index >= 15 is 0 Å². The van der Waals surface area contributed by atoms with E-state index in [1.807, 2.05) is 74.4 Å². The van der Waals surface area contributed by atoms with Gasteiger partial charge in [-0.2, -0.15) is 0 Å². The minimum absolute atomic E-state index is 0.250. The first-order chi connectivity index (χ1) is 9.56. The maximum atomic E-state index is 10.1. The van der Waals surface area contributed by atoms with Crippen LogP contribution in [0.15, 0.2) is 48.5 Å². The van der Waals surface area contributed by atoms with Gasteiger partial charge in [0.05, 0.1) is 0 Å². The normalized spacial score (nSPS) is 12.0. The minimum Gasteiger partial charge on any atom is -0.490 e. The third-order valence-electron chi connectivity index (χ3n) is 3.20. The van der Waals surface area contributed by atoms with Gasteiger partial charge in [-0.05, 0) is 24.6 Å². The Kier molecular flexibility index (Phi) is 4.64. The number of aliphatic hydroxyl groups is 1. The molecule has 0 aliphatic heterocycles. The lowest BCUT2D eigenvalue weighted by Gasteiger charge is -2.16. The Morgan fingerprint density at radius 1 is 1.10 bits per heavy atom. The second-order valence-electron chi connectivity index (χ2n) is 5.13. The molecule has 3 heteroatoms. The maximum Gasteiger partial charge on any atom is 0.121 e. The Morgan fingerprint density at radius 2 is 1.80 bits per heavy atom. The Hall–Kier alpha value is -2.00.